The van der Waals surface area contributed by atoms with Gasteiger partial charge in [-0.3, -0.25) is 0 Å². The average molecular weight is 569 g/mol. The number of ether oxygens (including phenoxy) is 1. The number of benzene rings is 2. The number of phenols is 1. The number of aliphatic hydroxyl groups is 2. The molecule has 2 aliphatic heterocycles. The topological polar surface area (TPSA) is 114 Å². The number of nitrogens with one attached hydrogen (secondary N) is 1. The zero-order valence-electron chi connectivity index (χ0n) is 20.7. The van der Waals surface area contributed by atoms with Crippen LogP contribution in [0.2, 0.25) is 0 Å². The monoisotopic (exact) mass is 569 g/mol. The quantitative estimate of drug-likeness (QED) is 0.272. The van der Waals surface area contributed by atoms with Crippen molar-refractivity contribution in [3.05, 3.63) is 67.9 Å². The van der Waals surface area contributed by atoms with Gasteiger partial charge in [-0.25, -0.2) is 0 Å². The van der Waals surface area contributed by atoms with Gasteiger partial charge in [0.05, 0.1) is 25.1 Å². The molecule has 4 N–H and O–H groups in total. The molecular weight excluding hydrogens is 535 g/mol. The van der Waals surface area contributed by atoms with Gasteiger partial charge in [0.15, 0.2) is 0 Å². The number of aromatic nitrogens is 2. The van der Waals surface area contributed by atoms with Gasteiger partial charge in [-0.15, -0.1) is 0 Å². The van der Waals surface area contributed by atoms with Crippen LogP contribution in [0, 0.1) is 7.43 Å². The molecule has 0 unspecified atom stereocenters. The average Bonchev–Trinajstić information content (AvgIpc) is 2.87. The third-order valence-electron chi connectivity index (χ3n) is 5.93. The third kappa shape index (κ3) is 6.85. The number of nitrogens with zero attached hydrogens (tertiary/aromatic N) is 4. The number of phenolic OH excluding ortho intramolecular Hbond substituents is 1. The molecule has 2 aromatic carbocycles. The normalized spacial score (nSPS) is 14.5. The second-order valence-electron chi connectivity index (χ2n) is 8.10. The van der Waals surface area contributed by atoms with Crippen LogP contribution in [0.15, 0.2) is 49.2 Å². The minimum atomic E-state index is -0.0786. The maximum absolute atomic E-state index is 10.3. The van der Waals surface area contributed by atoms with E-state index in [9.17, 15) is 10.2 Å². The van der Waals surface area contributed by atoms with Crippen LogP contribution in [-0.4, -0.2) is 71.2 Å². The van der Waals surface area contributed by atoms with Gasteiger partial charge in [0, 0.05) is 88.1 Å². The van der Waals surface area contributed by atoms with E-state index in [1.807, 2.05) is 24.3 Å². The van der Waals surface area contributed by atoms with Crippen molar-refractivity contribution in [2.24, 2.45) is 0 Å². The Hall–Kier alpha value is -2.46. The van der Waals surface area contributed by atoms with E-state index in [0.717, 1.165) is 73.4 Å². The summed E-state index contributed by atoms with van der Waals surface area (Å²) in [5.74, 6) is 1.20. The van der Waals surface area contributed by atoms with Gasteiger partial charge in [0.1, 0.15) is 18.2 Å². The Morgan fingerprint density at radius 1 is 1.08 bits per heavy atom. The van der Waals surface area contributed by atoms with Gasteiger partial charge in [-0.1, -0.05) is 30.8 Å². The molecule has 0 aliphatic carbocycles. The molecular formula is C26H34N5O4Y-. The predicted molar refractivity (Wildman–Crippen MR) is 139 cm³/mol. The molecule has 0 saturated carbocycles. The van der Waals surface area contributed by atoms with Crippen LogP contribution in [0.1, 0.15) is 11.3 Å². The molecule has 9 nitrogen and oxygen atoms in total. The van der Waals surface area contributed by atoms with Crippen molar-refractivity contribution in [3.63, 3.8) is 0 Å². The zero-order chi connectivity index (χ0) is 23.9. The minimum absolute atomic E-state index is 0. The summed E-state index contributed by atoms with van der Waals surface area (Å²) >= 11 is 0. The molecule has 191 valence electrons. The van der Waals surface area contributed by atoms with Gasteiger partial charge in [0.2, 0.25) is 0 Å². The Morgan fingerprint density at radius 3 is 2.53 bits per heavy atom. The van der Waals surface area contributed by atoms with Crippen LogP contribution < -0.4 is 19.9 Å². The smallest absolute Gasteiger partial charge is 0.318 e. The number of rotatable bonds is 5. The molecule has 0 amide bonds. The number of fused-ring (bicyclic) bond motifs is 2. The van der Waals surface area contributed by atoms with Gasteiger partial charge < -0.3 is 42.6 Å². The number of anilines is 2. The maximum Gasteiger partial charge on any atom is 0.318 e. The molecule has 10 heteroatoms. The van der Waals surface area contributed by atoms with Crippen molar-refractivity contribution >= 4 is 22.3 Å². The predicted octanol–water partition coefficient (Wildman–Crippen LogP) is 2.81. The van der Waals surface area contributed by atoms with E-state index in [4.69, 9.17) is 19.8 Å². The van der Waals surface area contributed by atoms with E-state index < -0.39 is 0 Å². The second-order valence-corrected chi connectivity index (χ2v) is 8.10. The van der Waals surface area contributed by atoms with Crippen LogP contribution in [0.5, 0.6) is 11.8 Å². The largest absolute Gasteiger partial charge is 0.516 e. The summed E-state index contributed by atoms with van der Waals surface area (Å²) in [6.45, 7) is 8.07. The van der Waals surface area contributed by atoms with Crippen molar-refractivity contribution in [1.29, 1.82) is 0 Å². The Balaban J connectivity index is 0.000000871. The van der Waals surface area contributed by atoms with E-state index in [1.165, 1.54) is 5.56 Å². The maximum atomic E-state index is 10.3. The number of piperazine rings is 1. The molecule has 1 fully saturated rings. The van der Waals surface area contributed by atoms with Gasteiger partial charge >= 0.3 is 6.01 Å². The Morgan fingerprint density at radius 2 is 1.81 bits per heavy atom. The van der Waals surface area contributed by atoms with Crippen molar-refractivity contribution in [2.75, 3.05) is 55.7 Å². The van der Waals surface area contributed by atoms with Crippen molar-refractivity contribution in [2.45, 2.75) is 13.0 Å². The number of aliphatic hydroxyl groups excluding tert-OH is 2. The van der Waals surface area contributed by atoms with Crippen molar-refractivity contribution in [1.82, 2.24) is 15.3 Å². The van der Waals surface area contributed by atoms with Crippen LogP contribution in [-0.2, 0) is 45.7 Å². The zero-order valence-corrected chi connectivity index (χ0v) is 23.6. The van der Waals surface area contributed by atoms with Gasteiger partial charge in [0.25, 0.3) is 0 Å². The summed E-state index contributed by atoms with van der Waals surface area (Å²) in [5, 5.41) is 32.3. The number of hydrogen-bond acceptors (Lipinski definition) is 9. The van der Waals surface area contributed by atoms with Gasteiger partial charge in [-0.2, -0.15) is 9.97 Å². The number of aromatic hydroxyl groups is 1. The first kappa shape index (κ1) is 29.8. The van der Waals surface area contributed by atoms with Crippen LogP contribution >= 0.6 is 0 Å². The molecule has 1 radical (unpaired) electrons. The molecule has 5 rings (SSSR count). The third-order valence-corrected chi connectivity index (χ3v) is 5.93. The molecule has 1 aromatic heterocycles. The Bertz CT molecular complexity index is 1140. The molecule has 36 heavy (non-hydrogen) atoms. The van der Waals surface area contributed by atoms with Crippen molar-refractivity contribution in [3.8, 4) is 11.8 Å². The van der Waals surface area contributed by atoms with E-state index in [-0.39, 0.29) is 59.1 Å². The first-order valence-corrected chi connectivity index (χ1v) is 11.5. The molecule has 0 atom stereocenters. The first-order valence-electron chi connectivity index (χ1n) is 11.5. The molecule has 3 heterocycles. The fourth-order valence-electron chi connectivity index (χ4n) is 4.47. The van der Waals surface area contributed by atoms with Crippen LogP contribution in [0.3, 0.4) is 0 Å². The standard InChI is InChI=1S/C23H27N5O3.C2H4O.CH3.Y/c29-11-12-31-23-25-20-15-28(21-14-17(30)13-16-3-1-2-4-18(16)21)8-5-19(20)22(26-23)27-9-6-24-7-10-27;1-2-3;;/h1-4,13-14,24,29-30H,5-12,15H2;2-3H,1H2;1H3;/q;;-1;. The molecule has 3 aromatic rings. The fourth-order valence-corrected chi connectivity index (χ4v) is 4.47. The van der Waals surface area contributed by atoms with E-state index in [0.29, 0.717) is 12.6 Å². The fraction of sp³-hybridized carbons (Fsp3) is 0.346. The Labute approximate surface area is 237 Å². The van der Waals surface area contributed by atoms with Crippen LogP contribution in [0.25, 0.3) is 10.8 Å². The SMILES string of the molecule is C=CO.OCCOc1nc2c(c(N3CCNCC3)n1)CCN(c1cc(O)cc3ccccc13)C2.[CH3-].[Y]. The molecule has 2 aliphatic rings. The van der Waals surface area contributed by atoms with Crippen LogP contribution in [0.4, 0.5) is 11.5 Å². The summed E-state index contributed by atoms with van der Waals surface area (Å²) in [5.41, 5.74) is 3.11. The van der Waals surface area contributed by atoms with Gasteiger partial charge in [-0.05, 0) is 17.9 Å². The second kappa shape index (κ2) is 14.3. The van der Waals surface area contributed by atoms with Crippen molar-refractivity contribution < 1.29 is 52.8 Å². The summed E-state index contributed by atoms with van der Waals surface area (Å²) in [6.07, 6.45) is 1.57. The summed E-state index contributed by atoms with van der Waals surface area (Å²) in [4.78, 5) is 14.0. The summed E-state index contributed by atoms with van der Waals surface area (Å²) < 4.78 is 5.61. The van der Waals surface area contributed by atoms with E-state index >= 15 is 0 Å². The Kier molecular flexibility index (Phi) is 11.8. The summed E-state index contributed by atoms with van der Waals surface area (Å²) in [7, 11) is 0. The molecule has 0 spiro atoms. The minimum Gasteiger partial charge on any atom is -0.516 e. The summed E-state index contributed by atoms with van der Waals surface area (Å²) in [6, 6.07) is 12.0. The first-order chi connectivity index (χ1) is 16.6. The van der Waals surface area contributed by atoms with E-state index in [2.05, 4.69) is 27.8 Å². The molecule has 0 bridgehead atoms. The number of hydrogen-bond donors (Lipinski definition) is 4. The molecule has 1 saturated heterocycles. The van der Waals surface area contributed by atoms with E-state index in [1.54, 1.807) is 6.07 Å².